The standard InChI is InChI=1S/C16H22O/c17-16(14-9-2-3-10-14)12-6-5-8-13-7-1-4-11-15(13)16/h1,4,7,11,14,17H,2-3,5-6,8-10,12H2. The maximum atomic E-state index is 11.2. The number of hydrogen-bond donors (Lipinski definition) is 1. The van der Waals surface area contributed by atoms with Crippen molar-refractivity contribution in [2.24, 2.45) is 5.92 Å². The first-order valence-electron chi connectivity index (χ1n) is 7.11. The van der Waals surface area contributed by atoms with Crippen molar-refractivity contribution in [3.8, 4) is 0 Å². The summed E-state index contributed by atoms with van der Waals surface area (Å²) in [6.45, 7) is 0. The number of fused-ring (bicyclic) bond motifs is 1. The van der Waals surface area contributed by atoms with Crippen LogP contribution in [0.1, 0.15) is 56.1 Å². The molecule has 2 aliphatic rings. The van der Waals surface area contributed by atoms with E-state index in [-0.39, 0.29) is 0 Å². The first kappa shape index (κ1) is 11.3. The highest BCUT2D eigenvalue weighted by atomic mass is 16.3. The Labute approximate surface area is 104 Å². The molecule has 0 amide bonds. The van der Waals surface area contributed by atoms with Gasteiger partial charge in [0.2, 0.25) is 0 Å². The van der Waals surface area contributed by atoms with E-state index in [2.05, 4.69) is 24.3 Å². The van der Waals surface area contributed by atoms with Gasteiger partial charge in [-0.2, -0.15) is 0 Å². The fourth-order valence-electron chi connectivity index (χ4n) is 3.83. The monoisotopic (exact) mass is 230 g/mol. The van der Waals surface area contributed by atoms with Gasteiger partial charge in [-0.15, -0.1) is 0 Å². The predicted octanol–water partition coefficient (Wildman–Crippen LogP) is 3.79. The van der Waals surface area contributed by atoms with Crippen molar-refractivity contribution in [2.75, 3.05) is 0 Å². The summed E-state index contributed by atoms with van der Waals surface area (Å²) in [5.41, 5.74) is 2.10. The highest BCUT2D eigenvalue weighted by molar-refractivity contribution is 5.34. The van der Waals surface area contributed by atoms with Gasteiger partial charge >= 0.3 is 0 Å². The zero-order chi connectivity index (χ0) is 11.7. The molecule has 92 valence electrons. The molecule has 1 unspecified atom stereocenters. The van der Waals surface area contributed by atoms with Crippen LogP contribution in [0.3, 0.4) is 0 Å². The molecule has 0 spiro atoms. The molecule has 17 heavy (non-hydrogen) atoms. The summed E-state index contributed by atoms with van der Waals surface area (Å²) >= 11 is 0. The molecule has 1 nitrogen and oxygen atoms in total. The fourth-order valence-corrected chi connectivity index (χ4v) is 3.83. The van der Waals surface area contributed by atoms with Gasteiger partial charge in [0, 0.05) is 0 Å². The Balaban J connectivity index is 2.03. The van der Waals surface area contributed by atoms with Crippen molar-refractivity contribution >= 4 is 0 Å². The van der Waals surface area contributed by atoms with Crippen molar-refractivity contribution in [1.82, 2.24) is 0 Å². The van der Waals surface area contributed by atoms with Crippen LogP contribution < -0.4 is 0 Å². The topological polar surface area (TPSA) is 20.2 Å². The Kier molecular flexibility index (Phi) is 2.96. The average molecular weight is 230 g/mol. The predicted molar refractivity (Wildman–Crippen MR) is 69.9 cm³/mol. The molecule has 0 saturated heterocycles. The van der Waals surface area contributed by atoms with E-state index in [1.807, 2.05) is 0 Å². The van der Waals surface area contributed by atoms with Gasteiger partial charge in [-0.3, -0.25) is 0 Å². The van der Waals surface area contributed by atoms with E-state index in [1.165, 1.54) is 49.7 Å². The molecule has 0 radical (unpaired) electrons. The molecule has 2 aliphatic carbocycles. The van der Waals surface area contributed by atoms with Gasteiger partial charge in [0.25, 0.3) is 0 Å². The van der Waals surface area contributed by atoms with Crippen molar-refractivity contribution in [3.05, 3.63) is 35.4 Å². The van der Waals surface area contributed by atoms with Crippen molar-refractivity contribution < 1.29 is 5.11 Å². The molecule has 1 saturated carbocycles. The largest absolute Gasteiger partial charge is 0.385 e. The minimum absolute atomic E-state index is 0.502. The van der Waals surface area contributed by atoms with E-state index in [4.69, 9.17) is 0 Å². The average Bonchev–Trinajstić information content (AvgIpc) is 2.84. The van der Waals surface area contributed by atoms with E-state index < -0.39 is 5.60 Å². The second-order valence-electron chi connectivity index (χ2n) is 5.77. The molecule has 1 N–H and O–H groups in total. The quantitative estimate of drug-likeness (QED) is 0.728. The van der Waals surface area contributed by atoms with E-state index in [1.54, 1.807) is 0 Å². The third-order valence-corrected chi connectivity index (χ3v) is 4.77. The lowest BCUT2D eigenvalue weighted by Crippen LogP contribution is -2.34. The first-order valence-corrected chi connectivity index (χ1v) is 7.11. The third-order valence-electron chi connectivity index (χ3n) is 4.77. The van der Waals surface area contributed by atoms with Crippen LogP contribution in [0.5, 0.6) is 0 Å². The van der Waals surface area contributed by atoms with Crippen LogP contribution in [0.25, 0.3) is 0 Å². The summed E-state index contributed by atoms with van der Waals surface area (Å²) in [4.78, 5) is 0. The summed E-state index contributed by atoms with van der Waals surface area (Å²) in [5.74, 6) is 0.502. The number of aryl methyl sites for hydroxylation is 1. The van der Waals surface area contributed by atoms with Gasteiger partial charge in [0.05, 0.1) is 5.60 Å². The van der Waals surface area contributed by atoms with E-state index in [0.717, 1.165) is 12.8 Å². The molecule has 1 fully saturated rings. The van der Waals surface area contributed by atoms with Gasteiger partial charge in [-0.05, 0) is 55.6 Å². The number of aliphatic hydroxyl groups is 1. The van der Waals surface area contributed by atoms with Crippen molar-refractivity contribution in [3.63, 3.8) is 0 Å². The van der Waals surface area contributed by atoms with E-state index in [9.17, 15) is 5.11 Å². The molecule has 1 atom stereocenters. The van der Waals surface area contributed by atoms with Crippen LogP contribution >= 0.6 is 0 Å². The molecule has 1 aromatic carbocycles. The molecule has 0 bridgehead atoms. The van der Waals surface area contributed by atoms with Crippen molar-refractivity contribution in [2.45, 2.75) is 57.0 Å². The summed E-state index contributed by atoms with van der Waals surface area (Å²) in [6.07, 6.45) is 9.54. The third kappa shape index (κ3) is 1.91. The maximum absolute atomic E-state index is 11.2. The lowest BCUT2D eigenvalue weighted by Gasteiger charge is -2.35. The number of benzene rings is 1. The summed E-state index contributed by atoms with van der Waals surface area (Å²) in [6, 6.07) is 8.57. The molecule has 1 heteroatoms. The highest BCUT2D eigenvalue weighted by Crippen LogP contribution is 2.46. The van der Waals surface area contributed by atoms with Gasteiger partial charge in [0.15, 0.2) is 0 Å². The Morgan fingerprint density at radius 3 is 2.59 bits per heavy atom. The SMILES string of the molecule is OC1(C2CCCC2)CCCCc2ccccc21. The molecular weight excluding hydrogens is 208 g/mol. The normalized spacial score (nSPS) is 29.9. The van der Waals surface area contributed by atoms with E-state index >= 15 is 0 Å². The minimum atomic E-state index is -0.524. The second-order valence-corrected chi connectivity index (χ2v) is 5.77. The van der Waals surface area contributed by atoms with E-state index in [0.29, 0.717) is 5.92 Å². The van der Waals surface area contributed by atoms with Crippen LogP contribution in [-0.2, 0) is 12.0 Å². The zero-order valence-corrected chi connectivity index (χ0v) is 10.5. The Hall–Kier alpha value is -0.820. The Morgan fingerprint density at radius 2 is 1.76 bits per heavy atom. The van der Waals surface area contributed by atoms with Crippen molar-refractivity contribution in [1.29, 1.82) is 0 Å². The first-order chi connectivity index (χ1) is 8.31. The number of hydrogen-bond acceptors (Lipinski definition) is 1. The van der Waals surface area contributed by atoms with Gasteiger partial charge in [-0.25, -0.2) is 0 Å². The van der Waals surface area contributed by atoms with Crippen LogP contribution in [0.15, 0.2) is 24.3 Å². The number of rotatable bonds is 1. The smallest absolute Gasteiger partial charge is 0.0927 e. The molecule has 3 rings (SSSR count). The lowest BCUT2D eigenvalue weighted by atomic mass is 9.76. The maximum Gasteiger partial charge on any atom is 0.0927 e. The minimum Gasteiger partial charge on any atom is -0.385 e. The van der Waals surface area contributed by atoms with Crippen LogP contribution in [0.4, 0.5) is 0 Å². The molecule has 0 aliphatic heterocycles. The van der Waals surface area contributed by atoms with Crippen LogP contribution in [-0.4, -0.2) is 5.11 Å². The molecule has 1 aromatic rings. The van der Waals surface area contributed by atoms with Gasteiger partial charge in [-0.1, -0.05) is 37.1 Å². The summed E-state index contributed by atoms with van der Waals surface area (Å²) in [5, 5.41) is 11.2. The van der Waals surface area contributed by atoms with Crippen LogP contribution in [0.2, 0.25) is 0 Å². The Morgan fingerprint density at radius 1 is 1.00 bits per heavy atom. The summed E-state index contributed by atoms with van der Waals surface area (Å²) < 4.78 is 0. The fraction of sp³-hybridized carbons (Fsp3) is 0.625. The summed E-state index contributed by atoms with van der Waals surface area (Å²) in [7, 11) is 0. The zero-order valence-electron chi connectivity index (χ0n) is 10.5. The van der Waals surface area contributed by atoms with Gasteiger partial charge < -0.3 is 5.11 Å². The lowest BCUT2D eigenvalue weighted by molar-refractivity contribution is -0.0302. The molecule has 0 heterocycles. The molecule has 0 aromatic heterocycles. The Bertz CT molecular complexity index is 392. The van der Waals surface area contributed by atoms with Gasteiger partial charge in [0.1, 0.15) is 0 Å². The highest BCUT2D eigenvalue weighted by Gasteiger charge is 2.41. The second kappa shape index (κ2) is 4.45. The van der Waals surface area contributed by atoms with Crippen LogP contribution in [0, 0.1) is 5.92 Å². The molecular formula is C16H22O.